The number of aromatic nitrogens is 2. The molecule has 0 unspecified atom stereocenters. The van der Waals surface area contributed by atoms with Crippen molar-refractivity contribution in [2.24, 2.45) is 0 Å². The molecule has 0 amide bonds. The van der Waals surface area contributed by atoms with Crippen LogP contribution in [0.4, 0.5) is 5.95 Å². The van der Waals surface area contributed by atoms with Gasteiger partial charge in [0, 0.05) is 19.3 Å². The van der Waals surface area contributed by atoms with Crippen LogP contribution in [0.5, 0.6) is 11.5 Å². The van der Waals surface area contributed by atoms with E-state index in [1.165, 1.54) is 5.56 Å². The van der Waals surface area contributed by atoms with E-state index in [1.54, 1.807) is 0 Å². The molecule has 0 bridgehead atoms. The Bertz CT molecular complexity index is 622. The summed E-state index contributed by atoms with van der Waals surface area (Å²) in [6.07, 6.45) is 2.98. The maximum Gasteiger partial charge on any atom is 0.203 e. The van der Waals surface area contributed by atoms with E-state index < -0.39 is 0 Å². The molecule has 0 saturated heterocycles. The predicted octanol–water partition coefficient (Wildman–Crippen LogP) is 2.64. The van der Waals surface area contributed by atoms with Crippen LogP contribution in [0, 0.1) is 6.92 Å². The first kappa shape index (κ1) is 13.8. The van der Waals surface area contributed by atoms with Crippen molar-refractivity contribution in [2.45, 2.75) is 26.8 Å². The number of fused-ring (bicyclic) bond motifs is 1. The molecule has 5 nitrogen and oxygen atoms in total. The van der Waals surface area contributed by atoms with Gasteiger partial charge in [-0.25, -0.2) is 4.98 Å². The Morgan fingerprint density at radius 2 is 2.05 bits per heavy atom. The third-order valence-corrected chi connectivity index (χ3v) is 3.54. The van der Waals surface area contributed by atoms with Gasteiger partial charge in [-0.1, -0.05) is 6.07 Å². The minimum atomic E-state index is 0.627. The maximum absolute atomic E-state index is 5.61. The van der Waals surface area contributed by atoms with E-state index in [2.05, 4.69) is 40.1 Å². The molecule has 0 spiro atoms. The highest BCUT2D eigenvalue weighted by Gasteiger charge is 2.11. The van der Waals surface area contributed by atoms with Gasteiger partial charge in [-0.15, -0.1) is 0 Å². The first-order valence-corrected chi connectivity index (χ1v) is 7.42. The Morgan fingerprint density at radius 1 is 1.24 bits per heavy atom. The van der Waals surface area contributed by atoms with Gasteiger partial charge in [0.25, 0.3) is 0 Å². The highest BCUT2D eigenvalue weighted by atomic mass is 16.6. The molecule has 112 valence electrons. The molecule has 1 N–H and O–H groups in total. The van der Waals surface area contributed by atoms with Crippen LogP contribution in [-0.2, 0) is 13.0 Å². The maximum atomic E-state index is 5.61. The second-order valence-corrected chi connectivity index (χ2v) is 5.15. The number of rotatable bonds is 5. The summed E-state index contributed by atoms with van der Waals surface area (Å²) in [5.41, 5.74) is 2.27. The first-order valence-electron chi connectivity index (χ1n) is 7.42. The van der Waals surface area contributed by atoms with E-state index in [0.29, 0.717) is 13.2 Å². The lowest BCUT2D eigenvalue weighted by atomic mass is 10.1. The number of hydrogen-bond donors (Lipinski definition) is 1. The topological polar surface area (TPSA) is 48.3 Å². The molecule has 3 rings (SSSR count). The van der Waals surface area contributed by atoms with E-state index in [-0.39, 0.29) is 0 Å². The van der Waals surface area contributed by atoms with Crippen molar-refractivity contribution in [1.82, 2.24) is 9.55 Å². The molecule has 1 aromatic heterocycles. The summed E-state index contributed by atoms with van der Waals surface area (Å²) < 4.78 is 13.3. The summed E-state index contributed by atoms with van der Waals surface area (Å²) >= 11 is 0. The molecule has 1 aromatic carbocycles. The van der Waals surface area contributed by atoms with Gasteiger partial charge in [-0.3, -0.25) is 0 Å². The lowest BCUT2D eigenvalue weighted by Gasteiger charge is -2.19. The van der Waals surface area contributed by atoms with Gasteiger partial charge in [0.05, 0.1) is 5.69 Å². The standard InChI is InChI=1S/C16H21N3O2/c1-3-19-11-12(2)18-16(19)17-7-6-13-4-5-14-15(10-13)21-9-8-20-14/h4-5,10-11H,3,6-9H2,1-2H3,(H,17,18). The second-order valence-electron chi connectivity index (χ2n) is 5.15. The normalized spacial score (nSPS) is 13.2. The zero-order chi connectivity index (χ0) is 14.7. The van der Waals surface area contributed by atoms with Crippen LogP contribution in [0.25, 0.3) is 0 Å². The minimum Gasteiger partial charge on any atom is -0.486 e. The van der Waals surface area contributed by atoms with Crippen molar-refractivity contribution in [3.63, 3.8) is 0 Å². The van der Waals surface area contributed by atoms with Crippen molar-refractivity contribution >= 4 is 5.95 Å². The highest BCUT2D eigenvalue weighted by molar-refractivity contribution is 5.44. The van der Waals surface area contributed by atoms with Gasteiger partial charge in [0.2, 0.25) is 5.95 Å². The molecule has 21 heavy (non-hydrogen) atoms. The number of aryl methyl sites for hydroxylation is 2. The molecule has 2 aromatic rings. The largest absolute Gasteiger partial charge is 0.486 e. The number of hydrogen-bond acceptors (Lipinski definition) is 4. The Hall–Kier alpha value is -2.17. The van der Waals surface area contributed by atoms with Crippen molar-refractivity contribution in [1.29, 1.82) is 0 Å². The molecule has 1 aliphatic rings. The van der Waals surface area contributed by atoms with Crippen LogP contribution in [0.15, 0.2) is 24.4 Å². The molecule has 0 saturated carbocycles. The summed E-state index contributed by atoms with van der Waals surface area (Å²) in [6.45, 7) is 7.16. The monoisotopic (exact) mass is 287 g/mol. The van der Waals surface area contributed by atoms with Crippen molar-refractivity contribution < 1.29 is 9.47 Å². The lowest BCUT2D eigenvalue weighted by molar-refractivity contribution is 0.171. The molecular weight excluding hydrogens is 266 g/mol. The third-order valence-electron chi connectivity index (χ3n) is 3.54. The molecule has 0 fully saturated rings. The SMILES string of the molecule is CCn1cc(C)nc1NCCc1ccc2c(c1)OCCO2. The number of ether oxygens (including phenoxy) is 2. The number of nitrogens with zero attached hydrogens (tertiary/aromatic N) is 2. The zero-order valence-corrected chi connectivity index (χ0v) is 12.6. The molecular formula is C16H21N3O2. The average molecular weight is 287 g/mol. The van der Waals surface area contributed by atoms with Crippen molar-refractivity contribution in [3.05, 3.63) is 35.7 Å². The average Bonchev–Trinajstić information content (AvgIpc) is 2.87. The molecule has 0 radical (unpaired) electrons. The van der Waals surface area contributed by atoms with Gasteiger partial charge in [0.1, 0.15) is 13.2 Å². The van der Waals surface area contributed by atoms with Gasteiger partial charge >= 0.3 is 0 Å². The fourth-order valence-corrected chi connectivity index (χ4v) is 2.49. The summed E-state index contributed by atoms with van der Waals surface area (Å²) in [5, 5.41) is 3.39. The van der Waals surface area contributed by atoms with E-state index in [9.17, 15) is 0 Å². The van der Waals surface area contributed by atoms with Gasteiger partial charge in [-0.05, 0) is 38.0 Å². The molecule has 2 heterocycles. The Morgan fingerprint density at radius 3 is 2.86 bits per heavy atom. The van der Waals surface area contributed by atoms with E-state index >= 15 is 0 Å². The quantitative estimate of drug-likeness (QED) is 0.918. The second kappa shape index (κ2) is 6.08. The number of imidazole rings is 1. The highest BCUT2D eigenvalue weighted by Crippen LogP contribution is 2.30. The Kier molecular flexibility index (Phi) is 3.99. The third kappa shape index (κ3) is 3.12. The van der Waals surface area contributed by atoms with E-state index in [4.69, 9.17) is 9.47 Å². The van der Waals surface area contributed by atoms with Crippen molar-refractivity contribution in [3.8, 4) is 11.5 Å². The summed E-state index contributed by atoms with van der Waals surface area (Å²) in [7, 11) is 0. The fraction of sp³-hybridized carbons (Fsp3) is 0.438. The Balaban J connectivity index is 1.60. The lowest BCUT2D eigenvalue weighted by Crippen LogP contribution is -2.15. The summed E-state index contributed by atoms with van der Waals surface area (Å²) in [5.74, 6) is 2.63. The zero-order valence-electron chi connectivity index (χ0n) is 12.6. The fourth-order valence-electron chi connectivity index (χ4n) is 2.49. The van der Waals surface area contributed by atoms with Gasteiger partial charge in [0.15, 0.2) is 11.5 Å². The number of anilines is 1. The van der Waals surface area contributed by atoms with E-state index in [1.807, 2.05) is 13.0 Å². The predicted molar refractivity (Wildman–Crippen MR) is 82.3 cm³/mol. The smallest absolute Gasteiger partial charge is 0.203 e. The van der Waals surface area contributed by atoms with Crippen LogP contribution in [0.3, 0.4) is 0 Å². The first-order chi connectivity index (χ1) is 10.3. The molecule has 1 aliphatic heterocycles. The van der Waals surface area contributed by atoms with Crippen LogP contribution in [0.2, 0.25) is 0 Å². The number of benzene rings is 1. The Labute approximate surface area is 124 Å². The van der Waals surface area contributed by atoms with E-state index in [0.717, 1.165) is 42.7 Å². The summed E-state index contributed by atoms with van der Waals surface area (Å²) in [6, 6.07) is 6.14. The van der Waals surface area contributed by atoms with Crippen LogP contribution < -0.4 is 14.8 Å². The van der Waals surface area contributed by atoms with Crippen LogP contribution in [-0.4, -0.2) is 29.3 Å². The number of nitrogens with one attached hydrogen (secondary N) is 1. The molecule has 5 heteroatoms. The van der Waals surface area contributed by atoms with Gasteiger partial charge < -0.3 is 19.4 Å². The summed E-state index contributed by atoms with van der Waals surface area (Å²) in [4.78, 5) is 4.49. The minimum absolute atomic E-state index is 0.627. The molecule has 0 aliphatic carbocycles. The van der Waals surface area contributed by atoms with Crippen molar-refractivity contribution in [2.75, 3.05) is 25.1 Å². The molecule has 0 atom stereocenters. The van der Waals surface area contributed by atoms with Crippen LogP contribution in [0.1, 0.15) is 18.2 Å². The van der Waals surface area contributed by atoms with Gasteiger partial charge in [-0.2, -0.15) is 0 Å². The van der Waals surface area contributed by atoms with Crippen LogP contribution >= 0.6 is 0 Å².